The summed E-state index contributed by atoms with van der Waals surface area (Å²) in [6, 6.07) is 14.6. The Morgan fingerprint density at radius 1 is 0.947 bits per heavy atom. The lowest BCUT2D eigenvalue weighted by atomic mass is 9.99. The van der Waals surface area contributed by atoms with Gasteiger partial charge in [0.1, 0.15) is 0 Å². The van der Waals surface area contributed by atoms with Crippen molar-refractivity contribution in [3.8, 4) is 6.07 Å². The van der Waals surface area contributed by atoms with E-state index in [4.69, 9.17) is 0 Å². The minimum absolute atomic E-state index is 0.776. The number of nitrogens with zero attached hydrogens (tertiary/aromatic N) is 2. The molecule has 2 nitrogen and oxygen atoms in total. The number of rotatable bonds is 2. The highest BCUT2D eigenvalue weighted by atomic mass is 15.1. The Labute approximate surface area is 114 Å². The van der Waals surface area contributed by atoms with Crippen LogP contribution in [0.3, 0.4) is 0 Å². The zero-order valence-electron chi connectivity index (χ0n) is 11.1. The van der Waals surface area contributed by atoms with E-state index in [0.29, 0.717) is 0 Å². The molecule has 1 heterocycles. The summed E-state index contributed by atoms with van der Waals surface area (Å²) in [5, 5.41) is 11.5. The fourth-order valence-corrected chi connectivity index (χ4v) is 2.96. The van der Waals surface area contributed by atoms with Crippen LogP contribution >= 0.6 is 0 Å². The Balaban J connectivity index is 1.97. The number of benzene rings is 2. The minimum Gasteiger partial charge on any atom is -0.299 e. The molecular weight excluding hydrogens is 232 g/mol. The SMILES string of the molecule is N#Cc1ccc(CN2CCCCC2)c2ccccc12. The Morgan fingerprint density at radius 2 is 1.68 bits per heavy atom. The largest absolute Gasteiger partial charge is 0.299 e. The molecule has 3 rings (SSSR count). The lowest BCUT2D eigenvalue weighted by Gasteiger charge is -2.27. The third-order valence-corrected chi connectivity index (χ3v) is 3.98. The normalized spacial score (nSPS) is 16.4. The molecule has 1 saturated heterocycles. The van der Waals surface area contributed by atoms with Crippen LogP contribution in [0.4, 0.5) is 0 Å². The van der Waals surface area contributed by atoms with Gasteiger partial charge in [0, 0.05) is 6.54 Å². The topological polar surface area (TPSA) is 27.0 Å². The molecule has 0 unspecified atom stereocenters. The predicted octanol–water partition coefficient (Wildman–Crippen LogP) is 3.70. The summed E-state index contributed by atoms with van der Waals surface area (Å²) in [7, 11) is 0. The third-order valence-electron chi connectivity index (χ3n) is 3.98. The monoisotopic (exact) mass is 250 g/mol. The van der Waals surface area contributed by atoms with Crippen LogP contribution in [0.15, 0.2) is 36.4 Å². The van der Waals surface area contributed by atoms with Gasteiger partial charge >= 0.3 is 0 Å². The molecule has 0 N–H and O–H groups in total. The highest BCUT2D eigenvalue weighted by Crippen LogP contribution is 2.24. The summed E-state index contributed by atoms with van der Waals surface area (Å²) in [5.41, 5.74) is 2.12. The van der Waals surface area contributed by atoms with Gasteiger partial charge in [-0.15, -0.1) is 0 Å². The van der Waals surface area contributed by atoms with Crippen molar-refractivity contribution in [2.75, 3.05) is 13.1 Å². The van der Waals surface area contributed by atoms with Gasteiger partial charge in [-0.05, 0) is 48.3 Å². The van der Waals surface area contributed by atoms with Crippen molar-refractivity contribution < 1.29 is 0 Å². The van der Waals surface area contributed by atoms with E-state index in [-0.39, 0.29) is 0 Å². The zero-order valence-corrected chi connectivity index (χ0v) is 11.1. The quantitative estimate of drug-likeness (QED) is 0.812. The second-order valence-corrected chi connectivity index (χ2v) is 5.27. The van der Waals surface area contributed by atoms with E-state index in [1.54, 1.807) is 0 Å². The molecule has 1 aliphatic rings. The van der Waals surface area contributed by atoms with Gasteiger partial charge in [0.05, 0.1) is 11.6 Å². The molecule has 1 fully saturated rings. The molecule has 0 bridgehead atoms. The van der Waals surface area contributed by atoms with Crippen LogP contribution in [0.1, 0.15) is 30.4 Å². The molecule has 0 aliphatic carbocycles. The number of hydrogen-bond acceptors (Lipinski definition) is 2. The molecule has 1 aliphatic heterocycles. The molecule has 0 radical (unpaired) electrons. The van der Waals surface area contributed by atoms with Crippen LogP contribution in [0.2, 0.25) is 0 Å². The smallest absolute Gasteiger partial charge is 0.0998 e. The summed E-state index contributed by atoms with van der Waals surface area (Å²) >= 11 is 0. The van der Waals surface area contributed by atoms with Gasteiger partial charge in [0.2, 0.25) is 0 Å². The van der Waals surface area contributed by atoms with Crippen LogP contribution < -0.4 is 0 Å². The lowest BCUT2D eigenvalue weighted by Crippen LogP contribution is -2.29. The molecule has 96 valence electrons. The molecule has 0 atom stereocenters. The maximum absolute atomic E-state index is 9.19. The molecular formula is C17H18N2. The third kappa shape index (κ3) is 2.47. The molecule has 2 heteroatoms. The maximum atomic E-state index is 9.19. The molecule has 2 aromatic rings. The van der Waals surface area contributed by atoms with Crippen molar-refractivity contribution in [1.82, 2.24) is 4.90 Å². The second-order valence-electron chi connectivity index (χ2n) is 5.27. The molecule has 0 spiro atoms. The number of nitriles is 1. The van der Waals surface area contributed by atoms with E-state index in [1.165, 1.54) is 43.3 Å². The number of piperidine rings is 1. The average Bonchev–Trinajstić information content (AvgIpc) is 2.49. The van der Waals surface area contributed by atoms with Gasteiger partial charge < -0.3 is 0 Å². The van der Waals surface area contributed by atoms with Crippen molar-refractivity contribution in [3.63, 3.8) is 0 Å². The average molecular weight is 250 g/mol. The highest BCUT2D eigenvalue weighted by Gasteiger charge is 2.12. The van der Waals surface area contributed by atoms with E-state index >= 15 is 0 Å². The summed E-state index contributed by atoms with van der Waals surface area (Å²) in [4.78, 5) is 2.53. The van der Waals surface area contributed by atoms with Crippen LogP contribution in [0, 0.1) is 11.3 Å². The summed E-state index contributed by atoms with van der Waals surface area (Å²) < 4.78 is 0. The lowest BCUT2D eigenvalue weighted by molar-refractivity contribution is 0.221. The molecule has 19 heavy (non-hydrogen) atoms. The number of hydrogen-bond donors (Lipinski definition) is 0. The fraction of sp³-hybridized carbons (Fsp3) is 0.353. The van der Waals surface area contributed by atoms with Gasteiger partial charge in [-0.3, -0.25) is 4.90 Å². The first-order valence-electron chi connectivity index (χ1n) is 7.01. The second kappa shape index (κ2) is 5.42. The van der Waals surface area contributed by atoms with Crippen molar-refractivity contribution in [1.29, 1.82) is 5.26 Å². The van der Waals surface area contributed by atoms with Crippen LogP contribution in [-0.4, -0.2) is 18.0 Å². The molecule has 0 amide bonds. The van der Waals surface area contributed by atoms with Crippen LogP contribution in [-0.2, 0) is 6.54 Å². The van der Waals surface area contributed by atoms with Gasteiger partial charge in [-0.2, -0.15) is 5.26 Å². The van der Waals surface area contributed by atoms with E-state index in [2.05, 4.69) is 29.2 Å². The van der Waals surface area contributed by atoms with Gasteiger partial charge in [-0.25, -0.2) is 0 Å². The maximum Gasteiger partial charge on any atom is 0.0998 e. The van der Waals surface area contributed by atoms with E-state index in [0.717, 1.165) is 17.5 Å². The first kappa shape index (κ1) is 12.2. The van der Waals surface area contributed by atoms with Crippen molar-refractivity contribution >= 4 is 10.8 Å². The number of fused-ring (bicyclic) bond motifs is 1. The Morgan fingerprint density at radius 3 is 2.42 bits per heavy atom. The summed E-state index contributed by atoms with van der Waals surface area (Å²) in [6.07, 6.45) is 3.99. The van der Waals surface area contributed by atoms with Crippen molar-refractivity contribution in [3.05, 3.63) is 47.5 Å². The minimum atomic E-state index is 0.776. The van der Waals surface area contributed by atoms with Crippen molar-refractivity contribution in [2.45, 2.75) is 25.8 Å². The summed E-state index contributed by atoms with van der Waals surface area (Å²) in [5.74, 6) is 0. The van der Waals surface area contributed by atoms with Gasteiger partial charge in [-0.1, -0.05) is 36.8 Å². The molecule has 2 aromatic carbocycles. The molecule has 0 aromatic heterocycles. The van der Waals surface area contributed by atoms with Crippen LogP contribution in [0.5, 0.6) is 0 Å². The fourth-order valence-electron chi connectivity index (χ4n) is 2.96. The summed E-state index contributed by atoms with van der Waals surface area (Å²) in [6.45, 7) is 3.41. The Kier molecular flexibility index (Phi) is 3.48. The first-order chi connectivity index (χ1) is 9.38. The standard InChI is InChI=1S/C17H18N2/c18-12-14-8-9-15(13-19-10-4-1-5-11-19)17-7-3-2-6-16(14)17/h2-3,6-9H,1,4-5,10-11,13H2. The van der Waals surface area contributed by atoms with E-state index < -0.39 is 0 Å². The van der Waals surface area contributed by atoms with Crippen molar-refractivity contribution in [2.24, 2.45) is 0 Å². The van der Waals surface area contributed by atoms with E-state index in [9.17, 15) is 5.26 Å². The Hall–Kier alpha value is -1.85. The first-order valence-corrected chi connectivity index (χ1v) is 7.01. The Bertz CT molecular complexity index is 619. The zero-order chi connectivity index (χ0) is 13.1. The van der Waals surface area contributed by atoms with Crippen LogP contribution in [0.25, 0.3) is 10.8 Å². The predicted molar refractivity (Wildman–Crippen MR) is 77.8 cm³/mol. The highest BCUT2D eigenvalue weighted by molar-refractivity contribution is 5.90. The van der Waals surface area contributed by atoms with E-state index in [1.807, 2.05) is 18.2 Å². The number of likely N-dealkylation sites (tertiary alicyclic amines) is 1. The van der Waals surface area contributed by atoms with Gasteiger partial charge in [0.15, 0.2) is 0 Å². The van der Waals surface area contributed by atoms with Gasteiger partial charge in [0.25, 0.3) is 0 Å². The molecule has 0 saturated carbocycles.